The predicted molar refractivity (Wildman–Crippen MR) is 79.3 cm³/mol. The molecule has 26 heavy (non-hydrogen) atoms. The van der Waals surface area contributed by atoms with E-state index in [9.17, 15) is 34.8 Å². The van der Waals surface area contributed by atoms with Crippen LogP contribution >= 0.6 is 0 Å². The highest BCUT2D eigenvalue weighted by atomic mass is 32.2. The number of halogens is 6. The van der Waals surface area contributed by atoms with Crippen LogP contribution in [0.3, 0.4) is 0 Å². The smallest absolute Gasteiger partial charge is 0.264 e. The second-order valence-electron chi connectivity index (χ2n) is 5.26. The third kappa shape index (κ3) is 5.18. The summed E-state index contributed by atoms with van der Waals surface area (Å²) in [5.74, 6) is 0. The van der Waals surface area contributed by atoms with E-state index < -0.39 is 45.8 Å². The first-order chi connectivity index (χ1) is 11.8. The van der Waals surface area contributed by atoms with Crippen molar-refractivity contribution >= 4 is 10.1 Å². The van der Waals surface area contributed by atoms with Gasteiger partial charge in [0, 0.05) is 11.8 Å². The second kappa shape index (κ2) is 6.88. The highest BCUT2D eigenvalue weighted by Gasteiger charge is 2.38. The lowest BCUT2D eigenvalue weighted by atomic mass is 9.98. The molecule has 2 rings (SSSR count). The van der Waals surface area contributed by atoms with Gasteiger partial charge in [0.1, 0.15) is 6.61 Å². The lowest BCUT2D eigenvalue weighted by molar-refractivity contribution is -0.142. The van der Waals surface area contributed by atoms with E-state index in [-0.39, 0.29) is 17.3 Å². The van der Waals surface area contributed by atoms with Crippen LogP contribution in [-0.4, -0.2) is 19.7 Å². The Morgan fingerprint density at radius 2 is 1.65 bits per heavy atom. The minimum atomic E-state index is -5.01. The molecule has 0 aliphatic carbocycles. The summed E-state index contributed by atoms with van der Waals surface area (Å²) in [5.41, 5.74) is -3.30. The van der Waals surface area contributed by atoms with Crippen molar-refractivity contribution in [2.45, 2.75) is 19.0 Å². The normalized spacial score (nSPS) is 13.0. The number of hydrogen-bond acceptors (Lipinski definition) is 4. The summed E-state index contributed by atoms with van der Waals surface area (Å²) in [7, 11) is -3.72. The average Bonchev–Trinajstić information content (AvgIpc) is 2.50. The van der Waals surface area contributed by atoms with Crippen molar-refractivity contribution in [1.82, 2.24) is 4.98 Å². The van der Waals surface area contributed by atoms with Gasteiger partial charge in [0.2, 0.25) is 0 Å². The van der Waals surface area contributed by atoms with Crippen LogP contribution in [-0.2, 0) is 33.3 Å². The molecule has 0 atom stereocenters. The van der Waals surface area contributed by atoms with Gasteiger partial charge in [0.05, 0.1) is 23.1 Å². The van der Waals surface area contributed by atoms with Gasteiger partial charge in [-0.05, 0) is 23.8 Å². The van der Waals surface area contributed by atoms with E-state index in [4.69, 9.17) is 0 Å². The maximum Gasteiger partial charge on any atom is 0.417 e. The maximum absolute atomic E-state index is 13.2. The van der Waals surface area contributed by atoms with Crippen molar-refractivity contribution in [1.29, 1.82) is 0 Å². The van der Waals surface area contributed by atoms with E-state index in [1.165, 1.54) is 12.1 Å². The number of benzene rings is 1. The van der Waals surface area contributed by atoms with E-state index >= 15 is 0 Å². The molecular weight excluding hydrogens is 388 g/mol. The van der Waals surface area contributed by atoms with Crippen molar-refractivity contribution < 1.29 is 38.9 Å². The molecule has 0 aliphatic heterocycles. The van der Waals surface area contributed by atoms with Crippen molar-refractivity contribution in [2.24, 2.45) is 0 Å². The van der Waals surface area contributed by atoms with Crippen molar-refractivity contribution in [2.75, 3.05) is 6.26 Å². The molecule has 1 heterocycles. The molecule has 0 radical (unpaired) electrons. The molecule has 0 fully saturated rings. The van der Waals surface area contributed by atoms with Crippen LogP contribution in [0.2, 0.25) is 0 Å². The minimum absolute atomic E-state index is 0.0377. The summed E-state index contributed by atoms with van der Waals surface area (Å²) in [4.78, 5) is 3.77. The molecule has 4 nitrogen and oxygen atoms in total. The van der Waals surface area contributed by atoms with Gasteiger partial charge < -0.3 is 0 Å². The number of aromatic nitrogens is 1. The summed E-state index contributed by atoms with van der Waals surface area (Å²) in [5, 5.41) is 0. The van der Waals surface area contributed by atoms with Gasteiger partial charge in [-0.2, -0.15) is 34.8 Å². The lowest BCUT2D eigenvalue weighted by Gasteiger charge is -2.16. The van der Waals surface area contributed by atoms with Gasteiger partial charge in [-0.1, -0.05) is 12.1 Å². The maximum atomic E-state index is 13.2. The van der Waals surface area contributed by atoms with Gasteiger partial charge in [-0.15, -0.1) is 0 Å². The zero-order valence-electron chi connectivity index (χ0n) is 13.0. The lowest BCUT2D eigenvalue weighted by Crippen LogP contribution is -2.12. The van der Waals surface area contributed by atoms with Crippen molar-refractivity contribution in [3.8, 4) is 11.1 Å². The summed E-state index contributed by atoms with van der Waals surface area (Å²) >= 11 is 0. The number of alkyl halides is 6. The van der Waals surface area contributed by atoms with Crippen LogP contribution in [0.4, 0.5) is 26.3 Å². The molecule has 0 saturated heterocycles. The van der Waals surface area contributed by atoms with E-state index in [2.05, 4.69) is 9.17 Å². The van der Waals surface area contributed by atoms with E-state index in [1.807, 2.05) is 0 Å². The first-order valence-electron chi connectivity index (χ1n) is 6.85. The Bertz CT molecular complexity index is 889. The molecular formula is C15H11F6NO3S. The van der Waals surface area contributed by atoms with Crippen LogP contribution in [0.25, 0.3) is 11.1 Å². The Balaban J connectivity index is 2.41. The predicted octanol–water partition coefficient (Wildman–Crippen LogP) is 4.26. The summed E-state index contributed by atoms with van der Waals surface area (Å²) in [6, 6.07) is 3.71. The van der Waals surface area contributed by atoms with Crippen molar-refractivity contribution in [3.05, 3.63) is 53.3 Å². The molecule has 1 aromatic heterocycles. The fourth-order valence-electron chi connectivity index (χ4n) is 2.04. The topological polar surface area (TPSA) is 56.3 Å². The van der Waals surface area contributed by atoms with Gasteiger partial charge in [0.15, 0.2) is 0 Å². The fraction of sp³-hybridized carbons (Fsp3) is 0.267. The third-order valence-electron chi connectivity index (χ3n) is 3.21. The Morgan fingerprint density at radius 3 is 2.12 bits per heavy atom. The summed E-state index contributed by atoms with van der Waals surface area (Å²) in [6.45, 7) is -0.418. The van der Waals surface area contributed by atoms with E-state index in [0.29, 0.717) is 6.07 Å². The molecule has 2 aromatic rings. The van der Waals surface area contributed by atoms with Gasteiger partial charge in [0.25, 0.3) is 10.1 Å². The Morgan fingerprint density at radius 1 is 1.00 bits per heavy atom. The van der Waals surface area contributed by atoms with Gasteiger partial charge >= 0.3 is 12.4 Å². The molecule has 1 aromatic carbocycles. The number of pyridine rings is 1. The highest BCUT2D eigenvalue weighted by Crippen LogP contribution is 2.40. The van der Waals surface area contributed by atoms with Crippen LogP contribution < -0.4 is 0 Å². The number of nitrogens with zero attached hydrogens (tertiary/aromatic N) is 1. The summed E-state index contributed by atoms with van der Waals surface area (Å²) in [6.07, 6.45) is -8.10. The standard InChI is InChI=1S/C15H11F6NO3S/c1-26(23,24)25-8-11-4-2-9(7-22-11)12-5-3-10(14(16,17)18)6-13(12)15(19,20)21/h2-7H,8H2,1H3. The van der Waals surface area contributed by atoms with E-state index in [0.717, 1.165) is 18.5 Å². The van der Waals surface area contributed by atoms with Crippen LogP contribution in [0.1, 0.15) is 16.8 Å². The molecule has 0 unspecified atom stereocenters. The quantitative estimate of drug-likeness (QED) is 0.570. The Labute approximate surface area is 144 Å². The number of hydrogen-bond donors (Lipinski definition) is 0. The fourth-order valence-corrected chi connectivity index (χ4v) is 2.38. The average molecular weight is 399 g/mol. The van der Waals surface area contributed by atoms with Gasteiger partial charge in [-0.25, -0.2) is 0 Å². The van der Waals surface area contributed by atoms with Crippen LogP contribution in [0.15, 0.2) is 36.5 Å². The van der Waals surface area contributed by atoms with Crippen LogP contribution in [0, 0.1) is 0 Å². The van der Waals surface area contributed by atoms with E-state index in [1.54, 1.807) is 0 Å². The summed E-state index contributed by atoms with van der Waals surface area (Å²) < 4.78 is 104. The monoisotopic (exact) mass is 399 g/mol. The minimum Gasteiger partial charge on any atom is -0.264 e. The van der Waals surface area contributed by atoms with Crippen molar-refractivity contribution in [3.63, 3.8) is 0 Å². The largest absolute Gasteiger partial charge is 0.417 e. The molecule has 0 spiro atoms. The SMILES string of the molecule is CS(=O)(=O)OCc1ccc(-c2ccc(C(F)(F)F)cc2C(F)(F)F)cn1. The Kier molecular flexibility index (Phi) is 5.34. The zero-order valence-corrected chi connectivity index (χ0v) is 13.8. The second-order valence-corrected chi connectivity index (χ2v) is 6.90. The first-order valence-corrected chi connectivity index (χ1v) is 8.67. The molecule has 0 saturated carbocycles. The molecule has 0 amide bonds. The molecule has 0 bridgehead atoms. The molecule has 0 aliphatic rings. The Hall–Kier alpha value is -2.14. The zero-order chi connectivity index (χ0) is 19.8. The third-order valence-corrected chi connectivity index (χ3v) is 3.75. The van der Waals surface area contributed by atoms with Crippen LogP contribution in [0.5, 0.6) is 0 Å². The molecule has 11 heteroatoms. The van der Waals surface area contributed by atoms with Gasteiger partial charge in [-0.3, -0.25) is 9.17 Å². The number of rotatable bonds is 4. The highest BCUT2D eigenvalue weighted by molar-refractivity contribution is 7.85. The molecule has 0 N–H and O–H groups in total. The first kappa shape index (κ1) is 20.2. The molecule has 142 valence electrons.